The summed E-state index contributed by atoms with van der Waals surface area (Å²) in [7, 11) is 1.55. The zero-order valence-electron chi connectivity index (χ0n) is 14.8. The maximum absolute atomic E-state index is 9.81. The Morgan fingerprint density at radius 3 is 2.00 bits per heavy atom. The number of nitrogens with zero attached hydrogens (tertiary/aromatic N) is 3. The van der Waals surface area contributed by atoms with Crippen molar-refractivity contribution in [2.45, 2.75) is 0 Å². The Bertz CT molecular complexity index is 1120. The monoisotopic (exact) mass is 384 g/mol. The van der Waals surface area contributed by atoms with Crippen molar-refractivity contribution in [3.05, 3.63) is 76.3 Å². The number of ether oxygens (including phenoxy) is 1. The Labute approximate surface area is 167 Å². The van der Waals surface area contributed by atoms with Crippen LogP contribution in [0.4, 0.5) is 0 Å². The molecule has 0 radical (unpaired) electrons. The van der Waals surface area contributed by atoms with Crippen LogP contribution in [0.15, 0.2) is 60.2 Å². The number of hydrogen-bond donors (Lipinski definition) is 1. The van der Waals surface area contributed by atoms with E-state index < -0.39 is 5.41 Å². The molecule has 6 heteroatoms. The van der Waals surface area contributed by atoms with Gasteiger partial charge in [-0.25, -0.2) is 0 Å². The molecule has 0 saturated heterocycles. The molecule has 0 fully saturated rings. The van der Waals surface area contributed by atoms with Gasteiger partial charge < -0.3 is 10.1 Å². The number of methoxy groups -OCH3 is 1. The van der Waals surface area contributed by atoms with Gasteiger partial charge in [0.2, 0.25) is 5.41 Å². The van der Waals surface area contributed by atoms with Gasteiger partial charge in [-0.05, 0) is 41.5 Å². The van der Waals surface area contributed by atoms with Crippen molar-refractivity contribution in [1.82, 2.24) is 0 Å². The summed E-state index contributed by atoms with van der Waals surface area (Å²) >= 11 is 5.96. The fourth-order valence-electron chi connectivity index (χ4n) is 3.08. The molecule has 0 heterocycles. The molecule has 134 valence electrons. The Morgan fingerprint density at radius 1 is 0.929 bits per heavy atom. The molecule has 2 aromatic carbocycles. The van der Waals surface area contributed by atoms with E-state index in [-0.39, 0.29) is 11.3 Å². The molecular formula is C22H13ClN4O. The molecule has 1 aliphatic rings. The van der Waals surface area contributed by atoms with E-state index in [0.29, 0.717) is 33.0 Å². The van der Waals surface area contributed by atoms with Gasteiger partial charge in [0.15, 0.2) is 0 Å². The van der Waals surface area contributed by atoms with Crippen molar-refractivity contribution in [3.63, 3.8) is 0 Å². The second kappa shape index (κ2) is 7.41. The molecule has 1 N–H and O–H groups in total. The van der Waals surface area contributed by atoms with Gasteiger partial charge in [-0.3, -0.25) is 0 Å². The minimum atomic E-state index is -1.88. The number of halogens is 1. The zero-order valence-corrected chi connectivity index (χ0v) is 15.6. The SMILES string of the molecule is COc1ccc(C2=C(C#N)C(=N)C(C#N)(C#N)C(c3ccc(Cl)cc3)=C2)cc1. The average molecular weight is 385 g/mol. The predicted molar refractivity (Wildman–Crippen MR) is 106 cm³/mol. The fraction of sp³-hybridized carbons (Fsp3) is 0.0909. The summed E-state index contributed by atoms with van der Waals surface area (Å²) in [6, 6.07) is 19.6. The quantitative estimate of drug-likeness (QED) is 0.822. The van der Waals surface area contributed by atoms with E-state index in [4.69, 9.17) is 21.7 Å². The standard InChI is InChI=1S/C22H13ClN4O/c1-28-17-8-4-14(5-9-17)18-10-20(15-2-6-16(23)7-3-15)22(12-25,13-26)21(27)19(18)11-24/h2-10,27H,1H3. The molecule has 0 spiro atoms. The number of allylic oxidation sites excluding steroid dienone is 4. The smallest absolute Gasteiger partial charge is 0.211 e. The summed E-state index contributed by atoms with van der Waals surface area (Å²) in [4.78, 5) is 0. The summed E-state index contributed by atoms with van der Waals surface area (Å²) in [6.07, 6.45) is 1.63. The summed E-state index contributed by atoms with van der Waals surface area (Å²) in [6.45, 7) is 0. The molecule has 3 rings (SSSR count). The first-order valence-corrected chi connectivity index (χ1v) is 8.57. The van der Waals surface area contributed by atoms with Gasteiger partial charge in [-0.1, -0.05) is 35.9 Å². The van der Waals surface area contributed by atoms with E-state index in [0.717, 1.165) is 0 Å². The lowest BCUT2D eigenvalue weighted by atomic mass is 9.68. The summed E-state index contributed by atoms with van der Waals surface area (Å²) in [5.41, 5.74) is -0.151. The van der Waals surface area contributed by atoms with Gasteiger partial charge in [0.1, 0.15) is 11.8 Å². The van der Waals surface area contributed by atoms with Crippen LogP contribution in [-0.4, -0.2) is 12.8 Å². The second-order valence-corrected chi connectivity index (χ2v) is 6.48. The maximum atomic E-state index is 9.81. The Hall–Kier alpha value is -3.85. The molecule has 0 bridgehead atoms. The van der Waals surface area contributed by atoms with E-state index in [1.54, 1.807) is 61.7 Å². The minimum absolute atomic E-state index is 0.00835. The van der Waals surface area contributed by atoms with Crippen molar-refractivity contribution in [2.75, 3.05) is 7.11 Å². The molecular weight excluding hydrogens is 372 g/mol. The summed E-state index contributed by atoms with van der Waals surface area (Å²) in [5, 5.41) is 38.3. The third kappa shape index (κ3) is 2.93. The fourth-order valence-corrected chi connectivity index (χ4v) is 3.21. The largest absolute Gasteiger partial charge is 0.497 e. The number of benzene rings is 2. The highest BCUT2D eigenvalue weighted by molar-refractivity contribution is 6.30. The molecule has 1 aliphatic carbocycles. The summed E-state index contributed by atoms with van der Waals surface area (Å²) < 4.78 is 5.16. The lowest BCUT2D eigenvalue weighted by molar-refractivity contribution is 0.415. The van der Waals surface area contributed by atoms with Crippen LogP contribution in [0.3, 0.4) is 0 Å². The number of nitriles is 3. The molecule has 28 heavy (non-hydrogen) atoms. The molecule has 0 unspecified atom stereocenters. The van der Waals surface area contributed by atoms with Crippen molar-refractivity contribution < 1.29 is 4.74 Å². The van der Waals surface area contributed by atoms with Crippen molar-refractivity contribution in [2.24, 2.45) is 5.41 Å². The number of rotatable bonds is 3. The average Bonchev–Trinajstić information content (AvgIpc) is 2.74. The second-order valence-electron chi connectivity index (χ2n) is 6.04. The highest BCUT2D eigenvalue weighted by Crippen LogP contribution is 2.45. The van der Waals surface area contributed by atoms with E-state index in [2.05, 4.69) is 0 Å². The number of hydrogen-bond acceptors (Lipinski definition) is 5. The molecule has 0 aliphatic heterocycles. The Kier molecular flexibility index (Phi) is 5.01. The first kappa shape index (κ1) is 18.9. The zero-order chi connectivity index (χ0) is 20.3. The van der Waals surface area contributed by atoms with Gasteiger partial charge in [0, 0.05) is 16.2 Å². The molecule has 0 saturated carbocycles. The third-order valence-electron chi connectivity index (χ3n) is 4.59. The molecule has 0 atom stereocenters. The lowest BCUT2D eigenvalue weighted by Gasteiger charge is -2.29. The third-order valence-corrected chi connectivity index (χ3v) is 4.84. The van der Waals surface area contributed by atoms with E-state index >= 15 is 0 Å². The topological polar surface area (TPSA) is 104 Å². The predicted octanol–water partition coefficient (Wildman–Crippen LogP) is 4.78. The van der Waals surface area contributed by atoms with Crippen LogP contribution in [0.1, 0.15) is 11.1 Å². The van der Waals surface area contributed by atoms with Gasteiger partial charge in [-0.2, -0.15) is 15.8 Å². The molecule has 2 aromatic rings. The molecule has 0 aromatic heterocycles. The van der Waals surface area contributed by atoms with Crippen LogP contribution in [-0.2, 0) is 0 Å². The van der Waals surface area contributed by atoms with Gasteiger partial charge in [0.25, 0.3) is 0 Å². The molecule has 0 amide bonds. The van der Waals surface area contributed by atoms with Crippen molar-refractivity contribution >= 4 is 28.5 Å². The van der Waals surface area contributed by atoms with E-state index in [1.165, 1.54) is 0 Å². The van der Waals surface area contributed by atoms with Crippen LogP contribution in [0.5, 0.6) is 5.75 Å². The number of nitrogens with one attached hydrogen (secondary N) is 1. The van der Waals surface area contributed by atoms with E-state index in [1.807, 2.05) is 18.2 Å². The Balaban J connectivity index is 2.31. The van der Waals surface area contributed by atoms with Crippen LogP contribution in [0, 0.1) is 44.8 Å². The highest BCUT2D eigenvalue weighted by Gasteiger charge is 2.45. The van der Waals surface area contributed by atoms with Crippen LogP contribution in [0.25, 0.3) is 11.1 Å². The Morgan fingerprint density at radius 2 is 1.50 bits per heavy atom. The maximum Gasteiger partial charge on any atom is 0.211 e. The van der Waals surface area contributed by atoms with Crippen molar-refractivity contribution in [3.8, 4) is 24.0 Å². The first-order valence-electron chi connectivity index (χ1n) is 8.19. The minimum Gasteiger partial charge on any atom is -0.497 e. The lowest BCUT2D eigenvalue weighted by Crippen LogP contribution is -2.33. The van der Waals surface area contributed by atoms with Crippen LogP contribution in [0.2, 0.25) is 5.02 Å². The van der Waals surface area contributed by atoms with Crippen LogP contribution < -0.4 is 4.74 Å². The van der Waals surface area contributed by atoms with Gasteiger partial charge >= 0.3 is 0 Å². The van der Waals surface area contributed by atoms with Crippen LogP contribution >= 0.6 is 11.6 Å². The van der Waals surface area contributed by atoms with Gasteiger partial charge in [0.05, 0.1) is 30.5 Å². The van der Waals surface area contributed by atoms with Gasteiger partial charge in [-0.15, -0.1) is 0 Å². The normalized spacial score (nSPS) is 15.1. The van der Waals surface area contributed by atoms with E-state index in [9.17, 15) is 15.8 Å². The highest BCUT2D eigenvalue weighted by atomic mass is 35.5. The first-order chi connectivity index (χ1) is 13.5. The molecule has 5 nitrogen and oxygen atoms in total. The van der Waals surface area contributed by atoms with Crippen molar-refractivity contribution in [1.29, 1.82) is 21.2 Å². The summed E-state index contributed by atoms with van der Waals surface area (Å²) in [5.74, 6) is 0.652.